The van der Waals surface area contributed by atoms with Gasteiger partial charge in [-0.2, -0.15) is 0 Å². The molecule has 0 radical (unpaired) electrons. The van der Waals surface area contributed by atoms with Crippen molar-refractivity contribution in [2.24, 2.45) is 0 Å². The van der Waals surface area contributed by atoms with Crippen molar-refractivity contribution in [1.82, 2.24) is 19.7 Å². The Morgan fingerprint density at radius 3 is 2.66 bits per heavy atom. The molecule has 3 aromatic heterocycles. The summed E-state index contributed by atoms with van der Waals surface area (Å²) in [6, 6.07) is 10.7. The van der Waals surface area contributed by atoms with Gasteiger partial charge in [-0.05, 0) is 19.4 Å². The molecule has 0 aliphatic heterocycles. The minimum atomic E-state index is 0.688. The lowest BCUT2D eigenvalue weighted by atomic mass is 10.2. The number of benzene rings is 1. The Bertz CT molecular complexity index is 1110. The van der Waals surface area contributed by atoms with Crippen LogP contribution in [0.3, 0.4) is 0 Å². The summed E-state index contributed by atoms with van der Waals surface area (Å²) >= 11 is 5.12. The van der Waals surface area contributed by atoms with Crippen molar-refractivity contribution in [3.05, 3.63) is 69.9 Å². The maximum atomic E-state index is 4.80. The van der Waals surface area contributed by atoms with E-state index in [1.807, 2.05) is 6.08 Å². The van der Waals surface area contributed by atoms with Crippen LogP contribution in [0, 0.1) is 6.92 Å². The highest BCUT2D eigenvalue weighted by Crippen LogP contribution is 2.31. The molecular weight excluding hydrogens is 416 g/mol. The van der Waals surface area contributed by atoms with E-state index < -0.39 is 0 Å². The third kappa shape index (κ3) is 4.52. The molecule has 0 fully saturated rings. The maximum absolute atomic E-state index is 4.80. The highest BCUT2D eigenvalue weighted by atomic mass is 32.2. The summed E-state index contributed by atoms with van der Waals surface area (Å²) in [6.45, 7) is 8.86. The second-order valence-corrected chi connectivity index (χ2v) is 9.46. The summed E-state index contributed by atoms with van der Waals surface area (Å²) in [4.78, 5) is 6.16. The lowest BCUT2D eigenvalue weighted by Gasteiger charge is -2.06. The number of thiophene rings is 1. The summed E-state index contributed by atoms with van der Waals surface area (Å²) < 4.78 is 2.13. The summed E-state index contributed by atoms with van der Waals surface area (Å²) in [5.74, 6) is 1.67. The van der Waals surface area contributed by atoms with Gasteiger partial charge in [-0.3, -0.25) is 4.57 Å². The zero-order chi connectivity index (χ0) is 20.2. The van der Waals surface area contributed by atoms with Crippen LogP contribution in [0.1, 0.15) is 23.1 Å². The van der Waals surface area contributed by atoms with Crippen molar-refractivity contribution < 1.29 is 0 Å². The molecule has 0 saturated carbocycles. The van der Waals surface area contributed by atoms with Crippen LogP contribution >= 0.6 is 34.4 Å². The van der Waals surface area contributed by atoms with Crippen LogP contribution in [-0.2, 0) is 18.7 Å². The number of aromatic nitrogens is 4. The zero-order valence-electron chi connectivity index (χ0n) is 16.5. The van der Waals surface area contributed by atoms with Crippen molar-refractivity contribution >= 4 is 34.4 Å². The minimum absolute atomic E-state index is 0.688. The van der Waals surface area contributed by atoms with E-state index in [-0.39, 0.29) is 0 Å². The lowest BCUT2D eigenvalue weighted by molar-refractivity contribution is 0.731. The van der Waals surface area contributed by atoms with E-state index >= 15 is 0 Å². The molecule has 4 rings (SSSR count). The number of hydrogen-bond acceptors (Lipinski definition) is 6. The van der Waals surface area contributed by atoms with E-state index in [4.69, 9.17) is 4.98 Å². The second kappa shape index (κ2) is 9.07. The molecule has 4 aromatic rings. The highest BCUT2D eigenvalue weighted by Gasteiger charge is 2.15. The quantitative estimate of drug-likeness (QED) is 0.233. The maximum Gasteiger partial charge on any atom is 0.192 e. The molecule has 0 amide bonds. The van der Waals surface area contributed by atoms with Crippen molar-refractivity contribution in [2.75, 3.05) is 0 Å². The number of nitrogens with zero attached hydrogens (tertiary/aromatic N) is 4. The number of hydrogen-bond donors (Lipinski definition) is 0. The fraction of sp³-hybridized carbons (Fsp3) is 0.227. The first-order chi connectivity index (χ1) is 14.2. The molecular formula is C22H22N4S3. The largest absolute Gasteiger partial charge is 0.298 e. The Balaban J connectivity index is 1.51. The summed E-state index contributed by atoms with van der Waals surface area (Å²) in [5, 5.41) is 15.1. The molecule has 0 unspecified atom stereocenters. The Morgan fingerprint density at radius 1 is 1.10 bits per heavy atom. The number of allylic oxidation sites excluding steroid dienone is 1. The summed E-state index contributed by atoms with van der Waals surface area (Å²) in [5.41, 5.74) is 4.62. The number of thioether (sulfide) groups is 1. The van der Waals surface area contributed by atoms with E-state index in [0.717, 1.165) is 45.0 Å². The van der Waals surface area contributed by atoms with Crippen LogP contribution in [-0.4, -0.2) is 19.7 Å². The first kappa shape index (κ1) is 20.1. The van der Waals surface area contributed by atoms with Gasteiger partial charge in [0.25, 0.3) is 0 Å². The van der Waals surface area contributed by atoms with Gasteiger partial charge in [0, 0.05) is 39.1 Å². The summed E-state index contributed by atoms with van der Waals surface area (Å²) in [6.07, 6.45) is 2.93. The van der Waals surface area contributed by atoms with Gasteiger partial charge in [-0.25, -0.2) is 4.98 Å². The van der Waals surface area contributed by atoms with Crippen molar-refractivity contribution in [1.29, 1.82) is 0 Å². The molecule has 0 saturated heterocycles. The average Bonchev–Trinajstić information content (AvgIpc) is 3.47. The second-order valence-electron chi connectivity index (χ2n) is 6.66. The van der Waals surface area contributed by atoms with E-state index in [9.17, 15) is 0 Å². The third-order valence-corrected chi connectivity index (χ3v) is 7.51. The molecule has 4 nitrogen and oxygen atoms in total. The SMILES string of the molecule is C=CCn1c(SCc2csc(-c3ccc(C)cc3)n2)nnc1-c1csc(CC)c1. The molecule has 3 heterocycles. The summed E-state index contributed by atoms with van der Waals surface area (Å²) in [7, 11) is 0. The fourth-order valence-corrected chi connectivity index (χ4v) is 5.51. The normalized spacial score (nSPS) is 11.1. The first-order valence-electron chi connectivity index (χ1n) is 9.44. The van der Waals surface area contributed by atoms with E-state index in [0.29, 0.717) is 6.54 Å². The van der Waals surface area contributed by atoms with E-state index in [1.165, 1.54) is 10.4 Å². The number of aryl methyl sites for hydroxylation is 2. The van der Waals surface area contributed by atoms with Gasteiger partial charge in [-0.1, -0.05) is 54.6 Å². The molecule has 0 aliphatic carbocycles. The van der Waals surface area contributed by atoms with Gasteiger partial charge in [0.15, 0.2) is 11.0 Å². The topological polar surface area (TPSA) is 43.6 Å². The average molecular weight is 439 g/mol. The molecule has 0 N–H and O–H groups in total. The fourth-order valence-electron chi connectivity index (χ4n) is 2.93. The Kier molecular flexibility index (Phi) is 6.28. The molecule has 7 heteroatoms. The van der Waals surface area contributed by atoms with Crippen LogP contribution in [0.15, 0.2) is 58.9 Å². The molecule has 0 spiro atoms. The van der Waals surface area contributed by atoms with Crippen LogP contribution in [0.2, 0.25) is 0 Å². The van der Waals surface area contributed by atoms with Gasteiger partial charge in [0.1, 0.15) is 5.01 Å². The molecule has 0 bridgehead atoms. The van der Waals surface area contributed by atoms with Crippen LogP contribution in [0.4, 0.5) is 0 Å². The van der Waals surface area contributed by atoms with Gasteiger partial charge in [0.05, 0.1) is 5.69 Å². The lowest BCUT2D eigenvalue weighted by Crippen LogP contribution is -2.00. The van der Waals surface area contributed by atoms with Gasteiger partial charge < -0.3 is 0 Å². The van der Waals surface area contributed by atoms with Crippen LogP contribution in [0.25, 0.3) is 22.0 Å². The monoisotopic (exact) mass is 438 g/mol. The Morgan fingerprint density at radius 2 is 1.93 bits per heavy atom. The van der Waals surface area contributed by atoms with E-state index in [1.54, 1.807) is 34.4 Å². The highest BCUT2D eigenvalue weighted by molar-refractivity contribution is 7.98. The standard InChI is InChI=1S/C22H22N4S3/c1-4-10-26-20(17-11-19(5-2)27-12-17)24-25-22(26)29-14-18-13-28-21(23-18)16-8-6-15(3)7-9-16/h4,6-9,11-13H,1,5,10,14H2,2-3H3. The smallest absolute Gasteiger partial charge is 0.192 e. The first-order valence-corrected chi connectivity index (χ1v) is 12.2. The predicted molar refractivity (Wildman–Crippen MR) is 125 cm³/mol. The molecule has 29 heavy (non-hydrogen) atoms. The molecule has 0 aliphatic rings. The minimum Gasteiger partial charge on any atom is -0.298 e. The van der Waals surface area contributed by atoms with Gasteiger partial charge in [0.2, 0.25) is 0 Å². The predicted octanol–water partition coefficient (Wildman–Crippen LogP) is 6.48. The van der Waals surface area contributed by atoms with Crippen molar-refractivity contribution in [3.63, 3.8) is 0 Å². The Labute approximate surface area is 183 Å². The van der Waals surface area contributed by atoms with E-state index in [2.05, 4.69) is 76.3 Å². The molecule has 148 valence electrons. The number of rotatable bonds is 8. The van der Waals surface area contributed by atoms with Gasteiger partial charge >= 0.3 is 0 Å². The third-order valence-electron chi connectivity index (χ3n) is 4.49. The molecule has 1 aromatic carbocycles. The number of thiazole rings is 1. The van der Waals surface area contributed by atoms with Crippen LogP contribution < -0.4 is 0 Å². The molecule has 0 atom stereocenters. The van der Waals surface area contributed by atoms with Crippen molar-refractivity contribution in [3.8, 4) is 22.0 Å². The van der Waals surface area contributed by atoms with Crippen molar-refractivity contribution in [2.45, 2.75) is 37.7 Å². The van der Waals surface area contributed by atoms with Gasteiger partial charge in [-0.15, -0.1) is 39.4 Å². The Hall–Kier alpha value is -2.22. The van der Waals surface area contributed by atoms with Crippen LogP contribution in [0.5, 0.6) is 0 Å². The zero-order valence-corrected chi connectivity index (χ0v) is 18.9.